The minimum Gasteiger partial charge on any atom is -0.507 e. The maximum Gasteiger partial charge on any atom is 0.246 e. The molecular weight excluding hydrogens is 813 g/mol. The van der Waals surface area contributed by atoms with Crippen molar-refractivity contribution in [3.05, 3.63) is 127 Å². The number of rotatable bonds is 6. The molecule has 0 unspecified atom stereocenters. The number of anilines is 3. The molecule has 6 heterocycles. The number of hydrogen-bond acceptors (Lipinski definition) is 16. The number of H-pyrrole nitrogens is 3. The van der Waals surface area contributed by atoms with E-state index >= 15 is 0 Å². The molecule has 0 bridgehead atoms. The van der Waals surface area contributed by atoms with Crippen molar-refractivity contribution in [3.63, 3.8) is 0 Å². The number of aromatic amines is 3. The minimum absolute atomic E-state index is 0.0239. The number of guanidine groups is 6. The van der Waals surface area contributed by atoms with Gasteiger partial charge in [0, 0.05) is 35.3 Å². The van der Waals surface area contributed by atoms with Crippen LogP contribution in [-0.2, 0) is 0 Å². The van der Waals surface area contributed by atoms with Crippen LogP contribution in [0.3, 0.4) is 0 Å². The predicted octanol–water partition coefficient (Wildman–Crippen LogP) is 7.55. The van der Waals surface area contributed by atoms with E-state index in [0.29, 0.717) is 51.2 Å². The summed E-state index contributed by atoms with van der Waals surface area (Å²) >= 11 is 0. The fraction of sp³-hybridized carbons (Fsp3) is 0. The summed E-state index contributed by atoms with van der Waals surface area (Å²) in [6, 6.07) is 38.0. The second-order valence-corrected chi connectivity index (χ2v) is 14.8. The molecule has 0 fully saturated rings. The normalized spacial score (nSPS) is 14.3. The van der Waals surface area contributed by atoms with Crippen LogP contribution in [-0.4, -0.2) is 85.9 Å². The Morgan fingerprint density at radius 3 is 0.984 bits per heavy atom. The fourth-order valence-electron chi connectivity index (χ4n) is 7.51. The highest BCUT2D eigenvalue weighted by Crippen LogP contribution is 2.35. The molecule has 6 aromatic carbocycles. The number of nitrogens with zero attached hydrogens (tertiary/aromatic N) is 10. The molecule has 0 amide bonds. The summed E-state index contributed by atoms with van der Waals surface area (Å²) in [6.07, 6.45) is 0. The van der Waals surface area contributed by atoms with E-state index in [-0.39, 0.29) is 53.0 Å². The molecule has 3 aliphatic heterocycles. The van der Waals surface area contributed by atoms with Crippen molar-refractivity contribution in [2.75, 3.05) is 16.0 Å². The van der Waals surface area contributed by atoms with E-state index in [1.165, 1.54) is 4.90 Å². The van der Waals surface area contributed by atoms with Gasteiger partial charge in [0.15, 0.2) is 0 Å². The second kappa shape index (κ2) is 14.2. The van der Waals surface area contributed by atoms with Crippen LogP contribution in [0.15, 0.2) is 157 Å². The lowest BCUT2D eigenvalue weighted by Gasteiger charge is -2.30. The zero-order valence-electron chi connectivity index (χ0n) is 32.9. The van der Waals surface area contributed by atoms with Crippen molar-refractivity contribution in [2.45, 2.75) is 0 Å². The highest BCUT2D eigenvalue weighted by atomic mass is 16.3. The second-order valence-electron chi connectivity index (χ2n) is 14.8. The first-order chi connectivity index (χ1) is 31.3. The fourth-order valence-corrected chi connectivity index (χ4v) is 7.51. The summed E-state index contributed by atoms with van der Waals surface area (Å²) in [5, 5.41) is 42.9. The number of aromatic hydroxyl groups is 3. The molecule has 3 aromatic heterocycles. The quantitative estimate of drug-likeness (QED) is 0.0794. The van der Waals surface area contributed by atoms with Crippen LogP contribution in [0.2, 0.25) is 0 Å². The predicted molar refractivity (Wildman–Crippen MR) is 247 cm³/mol. The van der Waals surface area contributed by atoms with E-state index in [2.05, 4.69) is 75.8 Å². The van der Waals surface area contributed by atoms with Gasteiger partial charge in [-0.05, 0) is 72.8 Å². The topological polar surface area (TPSA) is 260 Å². The number of hydrogen-bond donors (Lipinski definition) is 9. The molecule has 0 atom stereocenters. The standard InChI is InChI=1S/C45H30N16O3/c62-34-19-22(13-16-25(34)37-49-28-7-1-2-8-29(28)50-37)46-40-55-43-57-41(47-23-14-17-26(35(63)20-23)38-51-30-9-3-4-10-31(30)52-38)59-45-60-42(58-44(56-40)61(43)45)48-24-15-18-27(36(64)21-24)39-53-32-11-5-6-12-33(32)54-39/h1-21,62-64H,(H,49,50)(H,51,52)(H,53,54)(H3,46,47,48,55,56,57,58,59,60). The van der Waals surface area contributed by atoms with Gasteiger partial charge in [-0.2, -0.15) is 30.0 Å². The van der Waals surface area contributed by atoms with Crippen molar-refractivity contribution in [3.8, 4) is 51.4 Å². The Balaban J connectivity index is 0.868. The van der Waals surface area contributed by atoms with Crippen molar-refractivity contribution in [1.29, 1.82) is 0 Å². The summed E-state index contributed by atoms with van der Waals surface area (Å²) in [4.78, 5) is 53.1. The van der Waals surface area contributed by atoms with Gasteiger partial charge in [0.25, 0.3) is 0 Å². The van der Waals surface area contributed by atoms with Crippen LogP contribution in [0.5, 0.6) is 17.2 Å². The van der Waals surface area contributed by atoms with Crippen LogP contribution >= 0.6 is 0 Å². The van der Waals surface area contributed by atoms with Gasteiger partial charge in [-0.25, -0.2) is 19.9 Å². The Kier molecular flexibility index (Phi) is 8.06. The van der Waals surface area contributed by atoms with E-state index in [9.17, 15) is 15.3 Å². The third kappa shape index (κ3) is 6.44. The molecule has 0 spiro atoms. The average Bonchev–Trinajstić information content (AvgIpc) is 4.03. The number of phenols is 3. The van der Waals surface area contributed by atoms with E-state index in [1.807, 2.05) is 72.8 Å². The van der Waals surface area contributed by atoms with Crippen molar-refractivity contribution in [1.82, 2.24) is 34.8 Å². The maximum absolute atomic E-state index is 11.1. The van der Waals surface area contributed by atoms with Gasteiger partial charge < -0.3 is 46.2 Å². The van der Waals surface area contributed by atoms with Gasteiger partial charge >= 0.3 is 0 Å². The van der Waals surface area contributed by atoms with Gasteiger partial charge in [0.05, 0.1) is 49.8 Å². The number of imidazole rings is 3. The number of fused-ring (bicyclic) bond motifs is 3. The molecule has 0 saturated carbocycles. The summed E-state index contributed by atoms with van der Waals surface area (Å²) in [7, 11) is 0. The van der Waals surface area contributed by atoms with Gasteiger partial charge in [-0.15, -0.1) is 0 Å². The molecule has 0 radical (unpaired) electrons. The first kappa shape index (κ1) is 36.2. The molecule has 9 N–H and O–H groups in total. The Labute approximate surface area is 359 Å². The highest BCUT2D eigenvalue weighted by molar-refractivity contribution is 6.32. The number of phenolic OH excluding ortho intramolecular Hbond substituents is 3. The molecule has 9 aromatic rings. The summed E-state index contributed by atoms with van der Waals surface area (Å²) in [5.41, 5.74) is 7.83. The molecule has 64 heavy (non-hydrogen) atoms. The first-order valence-electron chi connectivity index (χ1n) is 19.8. The largest absolute Gasteiger partial charge is 0.507 e. The van der Waals surface area contributed by atoms with Crippen molar-refractivity contribution >= 4 is 85.9 Å². The van der Waals surface area contributed by atoms with Gasteiger partial charge in [0.1, 0.15) is 34.7 Å². The lowest BCUT2D eigenvalue weighted by Crippen LogP contribution is -2.49. The van der Waals surface area contributed by atoms with E-state index < -0.39 is 0 Å². The summed E-state index contributed by atoms with van der Waals surface area (Å²) in [6.45, 7) is 0. The lowest BCUT2D eigenvalue weighted by molar-refractivity contribution is 0.476. The molecule has 308 valence electrons. The van der Waals surface area contributed by atoms with Gasteiger partial charge in [-0.1, -0.05) is 36.4 Å². The van der Waals surface area contributed by atoms with Crippen LogP contribution in [0.1, 0.15) is 0 Å². The molecule has 0 saturated heterocycles. The molecule has 3 aliphatic rings. The van der Waals surface area contributed by atoms with E-state index in [4.69, 9.17) is 0 Å². The van der Waals surface area contributed by atoms with Gasteiger partial charge in [-0.3, -0.25) is 0 Å². The van der Waals surface area contributed by atoms with E-state index in [0.717, 1.165) is 33.1 Å². The SMILES string of the molecule is Oc1cc(NC2=NC3=NC(Nc4ccc(-c5nc6ccccc6[nH]5)c(O)c4)=NC4=NC(Nc5ccc(-c6nc7ccccc7[nH]6)c(O)c5)=NC(=N2)N34)ccc1-c1nc2ccccc2[nH]1. The Morgan fingerprint density at radius 2 is 0.688 bits per heavy atom. The summed E-state index contributed by atoms with van der Waals surface area (Å²) < 4.78 is 0. The smallest absolute Gasteiger partial charge is 0.246 e. The van der Waals surface area contributed by atoms with Crippen LogP contribution in [0.25, 0.3) is 67.3 Å². The molecule has 19 heteroatoms. The number of para-hydroxylation sites is 6. The monoisotopic (exact) mass is 842 g/mol. The number of aliphatic imine (C=N–C) groups is 6. The molecular formula is C45H30N16O3. The molecule has 0 aliphatic carbocycles. The zero-order chi connectivity index (χ0) is 42.9. The van der Waals surface area contributed by atoms with Crippen LogP contribution < -0.4 is 16.0 Å². The zero-order valence-corrected chi connectivity index (χ0v) is 32.9. The van der Waals surface area contributed by atoms with Crippen molar-refractivity contribution in [2.24, 2.45) is 30.0 Å². The molecule has 19 nitrogen and oxygen atoms in total. The Bertz CT molecular complexity index is 3140. The third-order valence-electron chi connectivity index (χ3n) is 10.5. The van der Waals surface area contributed by atoms with Crippen molar-refractivity contribution < 1.29 is 15.3 Å². The maximum atomic E-state index is 11.1. The van der Waals surface area contributed by atoms with Gasteiger partial charge in [0.2, 0.25) is 35.8 Å². The Morgan fingerprint density at radius 1 is 0.375 bits per heavy atom. The molecule has 12 rings (SSSR count). The highest BCUT2D eigenvalue weighted by Gasteiger charge is 2.35. The number of aromatic nitrogens is 6. The number of nitrogens with one attached hydrogen (secondary N) is 6. The first-order valence-corrected chi connectivity index (χ1v) is 19.8. The number of benzene rings is 6. The van der Waals surface area contributed by atoms with Crippen LogP contribution in [0, 0.1) is 0 Å². The minimum atomic E-state index is -0.0239. The Hall–Kier alpha value is -9.65. The lowest BCUT2D eigenvalue weighted by atomic mass is 10.1. The van der Waals surface area contributed by atoms with E-state index in [1.54, 1.807) is 54.6 Å². The third-order valence-corrected chi connectivity index (χ3v) is 10.5. The summed E-state index contributed by atoms with van der Waals surface area (Å²) in [5.74, 6) is 2.19. The average molecular weight is 843 g/mol. The van der Waals surface area contributed by atoms with Crippen LogP contribution in [0.4, 0.5) is 17.1 Å².